The lowest BCUT2D eigenvalue weighted by Gasteiger charge is -2.35. The molecule has 2 aliphatic rings. The van der Waals surface area contributed by atoms with Crippen LogP contribution in [-0.2, 0) is 0 Å². The summed E-state index contributed by atoms with van der Waals surface area (Å²) in [5.74, 6) is 0.889. The Morgan fingerprint density at radius 3 is 2.26 bits per heavy atom. The monoisotopic (exact) mass is 423 g/mol. The number of hydrogen-bond acceptors (Lipinski definition) is 3. The second kappa shape index (κ2) is 8.26. The highest BCUT2D eigenvalue weighted by Crippen LogP contribution is 2.52. The number of aliphatic imine (C=N–C) groups is 1. The second-order valence-corrected chi connectivity index (χ2v) is 10.4. The second-order valence-electron chi connectivity index (χ2n) is 9.01. The number of para-hydroxylation sites is 1. The fraction of sp³-hybridized carbons (Fsp3) is 0.269. The molecule has 154 valence electrons. The number of rotatable bonds is 3. The van der Waals surface area contributed by atoms with Crippen molar-refractivity contribution in [1.82, 2.24) is 4.81 Å². The lowest BCUT2D eigenvalue weighted by atomic mass is 9.84. The lowest BCUT2D eigenvalue weighted by Crippen LogP contribution is -2.41. The highest BCUT2D eigenvalue weighted by Gasteiger charge is 2.41. The molecule has 3 nitrogen and oxygen atoms in total. The zero-order chi connectivity index (χ0) is 21.4. The molecule has 0 aliphatic carbocycles. The average molecular weight is 423 g/mol. The van der Waals surface area contributed by atoms with E-state index in [1.165, 1.54) is 11.3 Å². The molecule has 1 unspecified atom stereocenters. The summed E-state index contributed by atoms with van der Waals surface area (Å²) in [7, 11) is 7.10. The lowest BCUT2D eigenvalue weighted by molar-refractivity contribution is 0.241. The summed E-state index contributed by atoms with van der Waals surface area (Å²) >= 11 is 0. The SMILES string of the molecule is [B]N1CP[C@@H]2Nc3c(N=C(c4ccccc4)c4ccccc4)cccc3[C@@H]2CC1(C)C. The number of nitrogens with one attached hydrogen (secondary N) is 1. The van der Waals surface area contributed by atoms with Crippen LogP contribution in [0.2, 0.25) is 0 Å². The van der Waals surface area contributed by atoms with Gasteiger partial charge in [-0.25, -0.2) is 4.99 Å². The van der Waals surface area contributed by atoms with E-state index in [0.717, 1.165) is 43.8 Å². The molecule has 5 rings (SSSR count). The highest BCUT2D eigenvalue weighted by molar-refractivity contribution is 7.39. The molecule has 1 fully saturated rings. The van der Waals surface area contributed by atoms with E-state index in [0.29, 0.717) is 11.7 Å². The largest absolute Gasteiger partial charge is 0.376 e. The van der Waals surface area contributed by atoms with Crippen LogP contribution in [0.4, 0.5) is 11.4 Å². The van der Waals surface area contributed by atoms with Gasteiger partial charge >= 0.3 is 0 Å². The summed E-state index contributed by atoms with van der Waals surface area (Å²) in [4.78, 5) is 7.25. The van der Waals surface area contributed by atoms with Gasteiger partial charge in [0.2, 0.25) is 0 Å². The first-order valence-corrected chi connectivity index (χ1v) is 12.2. The highest BCUT2D eigenvalue weighted by atomic mass is 31.1. The average Bonchev–Trinajstić information content (AvgIpc) is 3.09. The van der Waals surface area contributed by atoms with Gasteiger partial charge < -0.3 is 10.1 Å². The molecule has 0 amide bonds. The standard InChI is InChI=1S/C26H27BN3P/c1-26(2)16-21-20-14-9-15-22(24(20)29-25(21)31-17-30(26)27)28-23(18-10-5-3-6-11-18)19-12-7-4-8-13-19/h3-15,21,25,29,31H,16-17H2,1-2H3/t21-,25-/m0/s1. The van der Waals surface area contributed by atoms with Crippen LogP contribution >= 0.6 is 8.58 Å². The normalized spacial score (nSPS) is 22.8. The third-order valence-electron chi connectivity index (χ3n) is 6.48. The summed E-state index contributed by atoms with van der Waals surface area (Å²) in [6, 6.07) is 27.4. The summed E-state index contributed by atoms with van der Waals surface area (Å²) in [6.45, 7) is 4.51. The Balaban J connectivity index is 1.60. The quantitative estimate of drug-likeness (QED) is 0.323. The first kappa shape index (κ1) is 20.5. The van der Waals surface area contributed by atoms with Gasteiger partial charge in [-0.05, 0) is 31.9 Å². The van der Waals surface area contributed by atoms with E-state index in [2.05, 4.69) is 85.9 Å². The predicted octanol–water partition coefficient (Wildman–Crippen LogP) is 5.89. The molecule has 31 heavy (non-hydrogen) atoms. The zero-order valence-corrected chi connectivity index (χ0v) is 19.0. The van der Waals surface area contributed by atoms with Gasteiger partial charge in [0.1, 0.15) is 0 Å². The van der Waals surface area contributed by atoms with Crippen LogP contribution in [0.3, 0.4) is 0 Å². The predicted molar refractivity (Wildman–Crippen MR) is 134 cm³/mol. The van der Waals surface area contributed by atoms with E-state index in [1.54, 1.807) is 0 Å². The topological polar surface area (TPSA) is 27.6 Å². The molecule has 1 N–H and O–H groups in total. The van der Waals surface area contributed by atoms with Gasteiger partial charge in [0.05, 0.1) is 22.9 Å². The maximum Gasteiger partial charge on any atom is 0.183 e. The van der Waals surface area contributed by atoms with Gasteiger partial charge in [-0.1, -0.05) is 81.4 Å². The first-order valence-electron chi connectivity index (χ1n) is 10.9. The molecule has 3 aromatic rings. The molecule has 3 aromatic carbocycles. The van der Waals surface area contributed by atoms with Crippen molar-refractivity contribution in [3.05, 3.63) is 95.6 Å². The number of fused-ring (bicyclic) bond motifs is 3. The smallest absolute Gasteiger partial charge is 0.183 e. The Morgan fingerprint density at radius 1 is 0.968 bits per heavy atom. The molecule has 5 heteroatoms. The molecule has 2 radical (unpaired) electrons. The fourth-order valence-corrected chi connectivity index (χ4v) is 6.30. The van der Waals surface area contributed by atoms with Crippen LogP contribution in [0.25, 0.3) is 0 Å². The van der Waals surface area contributed by atoms with E-state index in [4.69, 9.17) is 13.0 Å². The summed E-state index contributed by atoms with van der Waals surface area (Å²) in [6.07, 6.45) is 1.96. The van der Waals surface area contributed by atoms with Crippen molar-refractivity contribution in [2.45, 2.75) is 37.5 Å². The van der Waals surface area contributed by atoms with Gasteiger partial charge in [-0.15, -0.1) is 0 Å². The zero-order valence-electron chi connectivity index (χ0n) is 18.0. The minimum absolute atomic E-state index is 0.0196. The van der Waals surface area contributed by atoms with Gasteiger partial charge in [0.25, 0.3) is 0 Å². The number of hydrogen-bond donors (Lipinski definition) is 1. The molecular formula is C26H27BN3P. The van der Waals surface area contributed by atoms with Gasteiger partial charge in [0, 0.05) is 28.9 Å². The Kier molecular flexibility index (Phi) is 5.46. The minimum Gasteiger partial charge on any atom is -0.376 e. The van der Waals surface area contributed by atoms with Crippen LogP contribution in [0.5, 0.6) is 0 Å². The van der Waals surface area contributed by atoms with Gasteiger partial charge in [-0.3, -0.25) is 0 Å². The molecule has 0 bridgehead atoms. The Morgan fingerprint density at radius 2 is 1.61 bits per heavy atom. The fourth-order valence-electron chi connectivity index (χ4n) is 4.65. The van der Waals surface area contributed by atoms with Crippen molar-refractivity contribution >= 4 is 33.6 Å². The summed E-state index contributed by atoms with van der Waals surface area (Å²) < 4.78 is 0. The summed E-state index contributed by atoms with van der Waals surface area (Å²) in [5, 5.41) is 3.83. The third-order valence-corrected chi connectivity index (χ3v) is 7.99. The van der Waals surface area contributed by atoms with E-state index in [1.807, 2.05) is 16.9 Å². The van der Waals surface area contributed by atoms with Crippen molar-refractivity contribution in [2.24, 2.45) is 4.99 Å². The van der Waals surface area contributed by atoms with Crippen LogP contribution in [0.1, 0.15) is 42.9 Å². The molecule has 0 aromatic heterocycles. The minimum atomic E-state index is -0.0196. The molecule has 0 saturated carbocycles. The Labute approximate surface area is 188 Å². The van der Waals surface area contributed by atoms with E-state index in [-0.39, 0.29) is 5.54 Å². The van der Waals surface area contributed by atoms with Crippen LogP contribution < -0.4 is 5.32 Å². The molecule has 1 saturated heterocycles. The van der Waals surface area contributed by atoms with Crippen molar-refractivity contribution in [1.29, 1.82) is 0 Å². The van der Waals surface area contributed by atoms with E-state index < -0.39 is 0 Å². The van der Waals surface area contributed by atoms with E-state index >= 15 is 0 Å². The van der Waals surface area contributed by atoms with Crippen molar-refractivity contribution in [3.63, 3.8) is 0 Å². The number of nitrogens with zero attached hydrogens (tertiary/aromatic N) is 2. The number of anilines is 1. The van der Waals surface area contributed by atoms with Crippen molar-refractivity contribution in [3.8, 4) is 0 Å². The molecule has 3 atom stereocenters. The maximum absolute atomic E-state index is 6.35. The molecular weight excluding hydrogens is 396 g/mol. The van der Waals surface area contributed by atoms with Crippen molar-refractivity contribution in [2.75, 3.05) is 11.6 Å². The molecule has 0 spiro atoms. The maximum atomic E-state index is 6.35. The van der Waals surface area contributed by atoms with Crippen molar-refractivity contribution < 1.29 is 0 Å². The first-order chi connectivity index (χ1) is 15.0. The van der Waals surface area contributed by atoms with Crippen LogP contribution in [0.15, 0.2) is 83.9 Å². The van der Waals surface area contributed by atoms with Gasteiger partial charge in [-0.2, -0.15) is 0 Å². The number of benzene rings is 3. The van der Waals surface area contributed by atoms with E-state index in [9.17, 15) is 0 Å². The van der Waals surface area contributed by atoms with Crippen LogP contribution in [0, 0.1) is 0 Å². The molecule has 2 heterocycles. The van der Waals surface area contributed by atoms with Crippen LogP contribution in [-0.4, -0.2) is 36.1 Å². The third kappa shape index (κ3) is 3.95. The Bertz CT molecular complexity index is 1060. The Hall–Kier alpha value is -2.42. The molecule has 2 aliphatic heterocycles. The van der Waals surface area contributed by atoms with Gasteiger partial charge in [0.15, 0.2) is 7.98 Å². The summed E-state index contributed by atoms with van der Waals surface area (Å²) in [5.41, 5.74) is 6.81.